The molecule has 100 valence electrons. The minimum absolute atomic E-state index is 0. The highest BCUT2D eigenvalue weighted by Gasteiger charge is 2.45. The number of amides is 1. The predicted octanol–water partition coefficient (Wildman–Crippen LogP) is 2.84. The Morgan fingerprint density at radius 3 is 2.11 bits per heavy atom. The van der Waals surface area contributed by atoms with Crippen molar-refractivity contribution in [3.63, 3.8) is 0 Å². The normalized spacial score (nSPS) is 16.7. The van der Waals surface area contributed by atoms with E-state index in [0.717, 1.165) is 18.5 Å². The summed E-state index contributed by atoms with van der Waals surface area (Å²) in [5, 5.41) is 2.86. The molecule has 0 unspecified atom stereocenters. The molecule has 0 bridgehead atoms. The highest BCUT2D eigenvalue weighted by molar-refractivity contribution is 6.00. The second-order valence-electron chi connectivity index (χ2n) is 5.94. The molecule has 1 aliphatic rings. The zero-order valence-electron chi connectivity index (χ0n) is 11.1. The second-order valence-corrected chi connectivity index (χ2v) is 5.94. The van der Waals surface area contributed by atoms with Gasteiger partial charge in [-0.3, -0.25) is 4.79 Å². The van der Waals surface area contributed by atoms with Crippen molar-refractivity contribution >= 4 is 24.0 Å². The molecule has 4 heteroatoms. The molecule has 0 heterocycles. The van der Waals surface area contributed by atoms with Crippen LogP contribution in [0.5, 0.6) is 0 Å². The van der Waals surface area contributed by atoms with Gasteiger partial charge < -0.3 is 11.1 Å². The van der Waals surface area contributed by atoms with Crippen molar-refractivity contribution < 1.29 is 4.79 Å². The summed E-state index contributed by atoms with van der Waals surface area (Å²) in [7, 11) is 0. The average molecular weight is 269 g/mol. The fourth-order valence-corrected chi connectivity index (χ4v) is 1.67. The Morgan fingerprint density at radius 1 is 1.22 bits per heavy atom. The van der Waals surface area contributed by atoms with Crippen LogP contribution in [0.3, 0.4) is 0 Å². The van der Waals surface area contributed by atoms with Crippen molar-refractivity contribution in [1.82, 2.24) is 0 Å². The van der Waals surface area contributed by atoms with Crippen LogP contribution in [-0.4, -0.2) is 11.4 Å². The summed E-state index contributed by atoms with van der Waals surface area (Å²) < 4.78 is 0. The minimum Gasteiger partial charge on any atom is -0.324 e. The quantitative estimate of drug-likeness (QED) is 0.867. The maximum absolute atomic E-state index is 11.7. The van der Waals surface area contributed by atoms with Crippen LogP contribution in [-0.2, 0) is 10.2 Å². The molecule has 1 amide bonds. The van der Waals surface area contributed by atoms with Crippen molar-refractivity contribution in [2.45, 2.75) is 44.6 Å². The van der Waals surface area contributed by atoms with Crippen molar-refractivity contribution in [3.05, 3.63) is 29.8 Å². The van der Waals surface area contributed by atoms with E-state index in [4.69, 9.17) is 5.73 Å². The smallest absolute Gasteiger partial charge is 0.244 e. The molecule has 3 N–H and O–H groups in total. The van der Waals surface area contributed by atoms with Gasteiger partial charge in [-0.1, -0.05) is 32.9 Å². The summed E-state index contributed by atoms with van der Waals surface area (Å²) >= 11 is 0. The number of nitrogens with two attached hydrogens (primary N) is 1. The van der Waals surface area contributed by atoms with Crippen molar-refractivity contribution in [2.24, 2.45) is 5.73 Å². The van der Waals surface area contributed by atoms with Gasteiger partial charge in [0, 0.05) is 5.69 Å². The molecule has 0 atom stereocenters. The van der Waals surface area contributed by atoms with E-state index in [0.29, 0.717) is 0 Å². The lowest BCUT2D eigenvalue weighted by Gasteiger charge is -2.19. The van der Waals surface area contributed by atoms with Crippen molar-refractivity contribution in [2.75, 3.05) is 5.32 Å². The number of carbonyl (C=O) groups is 1. The fraction of sp³-hybridized carbons (Fsp3) is 0.500. The van der Waals surface area contributed by atoms with E-state index in [9.17, 15) is 4.79 Å². The molecule has 1 aromatic rings. The lowest BCUT2D eigenvalue weighted by molar-refractivity contribution is -0.118. The van der Waals surface area contributed by atoms with Gasteiger partial charge in [0.05, 0.1) is 5.54 Å². The molecule has 0 aliphatic heterocycles. The molecular formula is C14H21ClN2O. The maximum Gasteiger partial charge on any atom is 0.244 e. The molecule has 2 rings (SSSR count). The number of benzene rings is 1. The van der Waals surface area contributed by atoms with E-state index in [1.807, 2.05) is 24.3 Å². The van der Waals surface area contributed by atoms with E-state index in [1.165, 1.54) is 5.56 Å². The van der Waals surface area contributed by atoms with Gasteiger partial charge in [0.25, 0.3) is 0 Å². The minimum atomic E-state index is -0.608. The number of anilines is 1. The lowest BCUT2D eigenvalue weighted by atomic mass is 9.87. The highest BCUT2D eigenvalue weighted by atomic mass is 35.5. The van der Waals surface area contributed by atoms with Gasteiger partial charge in [-0.05, 0) is 36.0 Å². The van der Waals surface area contributed by atoms with E-state index in [-0.39, 0.29) is 23.7 Å². The Bertz CT molecular complexity index is 430. The zero-order valence-corrected chi connectivity index (χ0v) is 11.9. The van der Waals surface area contributed by atoms with Gasteiger partial charge in [-0.15, -0.1) is 12.4 Å². The Labute approximate surface area is 115 Å². The summed E-state index contributed by atoms with van der Waals surface area (Å²) in [5.74, 6) is -0.0685. The first-order valence-corrected chi connectivity index (χ1v) is 6.02. The third-order valence-electron chi connectivity index (χ3n) is 3.25. The van der Waals surface area contributed by atoms with Crippen LogP contribution in [0, 0.1) is 0 Å². The van der Waals surface area contributed by atoms with Crippen LogP contribution in [0.25, 0.3) is 0 Å². The predicted molar refractivity (Wildman–Crippen MR) is 77.2 cm³/mol. The van der Waals surface area contributed by atoms with Crippen molar-refractivity contribution in [1.29, 1.82) is 0 Å². The van der Waals surface area contributed by atoms with Gasteiger partial charge in [0.1, 0.15) is 0 Å². The van der Waals surface area contributed by atoms with E-state index < -0.39 is 5.54 Å². The van der Waals surface area contributed by atoms with Crippen LogP contribution in [0.2, 0.25) is 0 Å². The third kappa shape index (κ3) is 3.24. The monoisotopic (exact) mass is 268 g/mol. The Kier molecular flexibility index (Phi) is 4.08. The number of hydrogen-bond acceptors (Lipinski definition) is 2. The standard InChI is InChI=1S/C14H20N2O.ClH/c1-13(2,3)10-4-6-11(7-5-10)16-12(17)14(15)8-9-14;/h4-7H,8-9,15H2,1-3H3,(H,16,17);1H. The van der Waals surface area contributed by atoms with Gasteiger partial charge in [-0.25, -0.2) is 0 Å². The van der Waals surface area contributed by atoms with Gasteiger partial charge in [0.2, 0.25) is 5.91 Å². The average Bonchev–Trinajstić information content (AvgIpc) is 2.97. The molecule has 0 spiro atoms. The van der Waals surface area contributed by atoms with Crippen LogP contribution in [0.15, 0.2) is 24.3 Å². The third-order valence-corrected chi connectivity index (χ3v) is 3.25. The Morgan fingerprint density at radius 2 is 1.72 bits per heavy atom. The molecule has 3 nitrogen and oxygen atoms in total. The summed E-state index contributed by atoms with van der Waals surface area (Å²) in [6.07, 6.45) is 1.58. The summed E-state index contributed by atoms with van der Waals surface area (Å²) in [5.41, 5.74) is 7.42. The Balaban J connectivity index is 0.00000162. The van der Waals surface area contributed by atoms with Crippen molar-refractivity contribution in [3.8, 4) is 0 Å². The molecular weight excluding hydrogens is 248 g/mol. The van der Waals surface area contributed by atoms with Crippen LogP contribution >= 0.6 is 12.4 Å². The summed E-state index contributed by atoms with van der Waals surface area (Å²) in [4.78, 5) is 11.7. The van der Waals surface area contributed by atoms with E-state index in [2.05, 4.69) is 26.1 Å². The van der Waals surface area contributed by atoms with E-state index in [1.54, 1.807) is 0 Å². The molecule has 18 heavy (non-hydrogen) atoms. The number of hydrogen-bond donors (Lipinski definition) is 2. The van der Waals surface area contributed by atoms with Gasteiger partial charge >= 0.3 is 0 Å². The topological polar surface area (TPSA) is 55.1 Å². The SMILES string of the molecule is CC(C)(C)c1ccc(NC(=O)C2(N)CC2)cc1.Cl. The molecule has 0 saturated heterocycles. The molecule has 1 aromatic carbocycles. The summed E-state index contributed by atoms with van der Waals surface area (Å²) in [6.45, 7) is 6.50. The summed E-state index contributed by atoms with van der Waals surface area (Å²) in [6, 6.07) is 7.96. The maximum atomic E-state index is 11.7. The molecule has 1 fully saturated rings. The number of rotatable bonds is 2. The second kappa shape index (κ2) is 4.90. The first kappa shape index (κ1) is 15.0. The molecule has 1 saturated carbocycles. The lowest BCUT2D eigenvalue weighted by Crippen LogP contribution is -2.37. The van der Waals surface area contributed by atoms with Gasteiger partial charge in [0.15, 0.2) is 0 Å². The highest BCUT2D eigenvalue weighted by Crippen LogP contribution is 2.33. The van der Waals surface area contributed by atoms with Crippen LogP contribution < -0.4 is 11.1 Å². The largest absolute Gasteiger partial charge is 0.324 e. The zero-order chi connectivity index (χ0) is 12.7. The molecule has 0 aromatic heterocycles. The number of nitrogens with one attached hydrogen (secondary N) is 1. The number of carbonyl (C=O) groups excluding carboxylic acids is 1. The number of halogens is 1. The van der Waals surface area contributed by atoms with Crippen LogP contribution in [0.4, 0.5) is 5.69 Å². The van der Waals surface area contributed by atoms with Crippen LogP contribution in [0.1, 0.15) is 39.2 Å². The van der Waals surface area contributed by atoms with E-state index >= 15 is 0 Å². The molecule has 0 radical (unpaired) electrons. The molecule has 1 aliphatic carbocycles. The first-order valence-electron chi connectivity index (χ1n) is 6.02. The first-order chi connectivity index (χ1) is 7.81. The Hall–Kier alpha value is -1.06. The van der Waals surface area contributed by atoms with Gasteiger partial charge in [-0.2, -0.15) is 0 Å². The fourth-order valence-electron chi connectivity index (χ4n) is 1.67.